The number of ether oxygens (including phenoxy) is 1. The van der Waals surface area contributed by atoms with Crippen molar-refractivity contribution in [1.82, 2.24) is 0 Å². The highest BCUT2D eigenvalue weighted by molar-refractivity contribution is 5.71. The summed E-state index contributed by atoms with van der Waals surface area (Å²) in [5, 5.41) is 3.59. The topological polar surface area (TPSA) is 21.3 Å². The molecule has 1 aliphatic carbocycles. The standard InChI is InChI=1S/C19H19NO/c1-3-7-17-15(5-1)11-12-18(20-17)16-6-2-4-8-19(16)21-13-14-9-10-14/h1-8,11-12,14,18,20H,9-10,13H2. The largest absolute Gasteiger partial charge is 0.493 e. The molecule has 2 nitrogen and oxygen atoms in total. The Morgan fingerprint density at radius 2 is 1.81 bits per heavy atom. The second kappa shape index (κ2) is 5.28. The van der Waals surface area contributed by atoms with Crippen molar-refractivity contribution in [2.24, 2.45) is 5.92 Å². The van der Waals surface area contributed by atoms with Gasteiger partial charge in [-0.05, 0) is 36.5 Å². The van der Waals surface area contributed by atoms with Crippen molar-refractivity contribution in [3.05, 3.63) is 65.7 Å². The molecule has 1 heterocycles. The van der Waals surface area contributed by atoms with Crippen LogP contribution in [0.4, 0.5) is 5.69 Å². The number of benzene rings is 2. The maximum atomic E-state index is 6.03. The lowest BCUT2D eigenvalue weighted by Crippen LogP contribution is -2.14. The molecular formula is C19H19NO. The molecule has 2 aliphatic rings. The number of fused-ring (bicyclic) bond motifs is 1. The lowest BCUT2D eigenvalue weighted by Gasteiger charge is -2.24. The van der Waals surface area contributed by atoms with Gasteiger partial charge >= 0.3 is 0 Å². The summed E-state index contributed by atoms with van der Waals surface area (Å²) in [6.45, 7) is 0.851. The fourth-order valence-electron chi connectivity index (χ4n) is 2.73. The van der Waals surface area contributed by atoms with Gasteiger partial charge in [0.15, 0.2) is 0 Å². The van der Waals surface area contributed by atoms with Gasteiger partial charge in [0, 0.05) is 11.3 Å². The minimum Gasteiger partial charge on any atom is -0.493 e. The molecule has 1 unspecified atom stereocenters. The second-order valence-electron chi connectivity index (χ2n) is 5.86. The van der Waals surface area contributed by atoms with E-state index in [-0.39, 0.29) is 6.04 Å². The second-order valence-corrected chi connectivity index (χ2v) is 5.86. The Morgan fingerprint density at radius 1 is 1.00 bits per heavy atom. The van der Waals surface area contributed by atoms with Gasteiger partial charge in [-0.15, -0.1) is 0 Å². The normalized spacial score (nSPS) is 19.7. The molecule has 1 fully saturated rings. The van der Waals surface area contributed by atoms with Crippen LogP contribution in [0.1, 0.15) is 30.0 Å². The maximum Gasteiger partial charge on any atom is 0.124 e. The summed E-state index contributed by atoms with van der Waals surface area (Å²) in [5.74, 6) is 1.78. The summed E-state index contributed by atoms with van der Waals surface area (Å²) in [6, 6.07) is 16.9. The van der Waals surface area contributed by atoms with Crippen LogP contribution in [-0.2, 0) is 0 Å². The first-order chi connectivity index (χ1) is 10.4. The van der Waals surface area contributed by atoms with Gasteiger partial charge in [-0.1, -0.05) is 48.6 Å². The number of rotatable bonds is 4. The number of anilines is 1. The highest BCUT2D eigenvalue weighted by atomic mass is 16.5. The van der Waals surface area contributed by atoms with Crippen LogP contribution in [0.25, 0.3) is 6.08 Å². The molecule has 0 radical (unpaired) electrons. The van der Waals surface area contributed by atoms with Crippen LogP contribution in [-0.4, -0.2) is 6.61 Å². The molecule has 2 heteroatoms. The SMILES string of the molecule is C1=CC(c2ccccc2OCC2CC2)Nc2ccccc21. The van der Waals surface area contributed by atoms with Crippen LogP contribution in [0.5, 0.6) is 5.75 Å². The minimum atomic E-state index is 0.176. The van der Waals surface area contributed by atoms with E-state index in [0.29, 0.717) is 0 Å². The molecule has 106 valence electrons. The van der Waals surface area contributed by atoms with Gasteiger partial charge in [0.05, 0.1) is 12.6 Å². The fraction of sp³-hybridized carbons (Fsp3) is 0.263. The number of para-hydroxylation sites is 2. The predicted octanol–water partition coefficient (Wildman–Crippen LogP) is 4.66. The molecule has 2 aromatic carbocycles. The first kappa shape index (κ1) is 12.5. The summed E-state index contributed by atoms with van der Waals surface area (Å²) in [5.41, 5.74) is 3.64. The van der Waals surface area contributed by atoms with E-state index in [4.69, 9.17) is 4.74 Å². The van der Waals surface area contributed by atoms with Crippen molar-refractivity contribution in [1.29, 1.82) is 0 Å². The van der Waals surface area contributed by atoms with E-state index in [9.17, 15) is 0 Å². The van der Waals surface area contributed by atoms with Gasteiger partial charge in [-0.2, -0.15) is 0 Å². The minimum absolute atomic E-state index is 0.176. The van der Waals surface area contributed by atoms with Gasteiger partial charge in [0.25, 0.3) is 0 Å². The maximum absolute atomic E-state index is 6.03. The van der Waals surface area contributed by atoms with Gasteiger partial charge in [0.2, 0.25) is 0 Å². The molecule has 1 aliphatic heterocycles. The van der Waals surface area contributed by atoms with E-state index in [1.54, 1.807) is 0 Å². The van der Waals surface area contributed by atoms with E-state index in [1.165, 1.54) is 29.7 Å². The van der Waals surface area contributed by atoms with E-state index >= 15 is 0 Å². The Bertz CT molecular complexity index is 673. The van der Waals surface area contributed by atoms with Crippen LogP contribution < -0.4 is 10.1 Å². The summed E-state index contributed by atoms with van der Waals surface area (Å²) in [4.78, 5) is 0. The molecule has 4 rings (SSSR count). The Labute approximate surface area is 125 Å². The smallest absolute Gasteiger partial charge is 0.124 e. The number of hydrogen-bond donors (Lipinski definition) is 1. The van der Waals surface area contributed by atoms with Crippen molar-refractivity contribution in [3.63, 3.8) is 0 Å². The lowest BCUT2D eigenvalue weighted by atomic mass is 9.99. The van der Waals surface area contributed by atoms with Gasteiger partial charge in [-0.3, -0.25) is 0 Å². The van der Waals surface area contributed by atoms with Crippen LogP contribution >= 0.6 is 0 Å². The molecule has 0 bridgehead atoms. The zero-order chi connectivity index (χ0) is 14.1. The average Bonchev–Trinajstić information content (AvgIpc) is 3.37. The van der Waals surface area contributed by atoms with E-state index in [1.807, 2.05) is 6.07 Å². The van der Waals surface area contributed by atoms with Crippen molar-refractivity contribution in [3.8, 4) is 5.75 Å². The third-order valence-corrected chi connectivity index (χ3v) is 4.17. The van der Waals surface area contributed by atoms with Crippen molar-refractivity contribution >= 4 is 11.8 Å². The monoisotopic (exact) mass is 277 g/mol. The molecule has 0 aromatic heterocycles. The zero-order valence-corrected chi connectivity index (χ0v) is 12.0. The Hall–Kier alpha value is -2.22. The Kier molecular flexibility index (Phi) is 3.15. The summed E-state index contributed by atoms with van der Waals surface area (Å²) in [6.07, 6.45) is 7.03. The van der Waals surface area contributed by atoms with Crippen LogP contribution in [0.3, 0.4) is 0 Å². The molecule has 0 saturated heterocycles. The van der Waals surface area contributed by atoms with Crippen LogP contribution in [0, 0.1) is 5.92 Å². The van der Waals surface area contributed by atoms with E-state index in [2.05, 4.69) is 59.9 Å². The molecule has 21 heavy (non-hydrogen) atoms. The lowest BCUT2D eigenvalue weighted by molar-refractivity contribution is 0.296. The van der Waals surface area contributed by atoms with E-state index in [0.717, 1.165) is 18.3 Å². The molecule has 1 saturated carbocycles. The highest BCUT2D eigenvalue weighted by Gasteiger charge is 2.23. The van der Waals surface area contributed by atoms with Crippen LogP contribution in [0.15, 0.2) is 54.6 Å². The first-order valence-corrected chi connectivity index (χ1v) is 7.65. The summed E-state index contributed by atoms with van der Waals surface area (Å²) >= 11 is 0. The molecular weight excluding hydrogens is 258 g/mol. The van der Waals surface area contributed by atoms with Crippen molar-refractivity contribution < 1.29 is 4.74 Å². The quantitative estimate of drug-likeness (QED) is 0.878. The summed E-state index contributed by atoms with van der Waals surface area (Å²) in [7, 11) is 0. The third kappa shape index (κ3) is 2.66. The van der Waals surface area contributed by atoms with Gasteiger partial charge in [0.1, 0.15) is 5.75 Å². The van der Waals surface area contributed by atoms with E-state index < -0.39 is 0 Å². The molecule has 1 N–H and O–H groups in total. The number of nitrogens with one attached hydrogen (secondary N) is 1. The molecule has 1 atom stereocenters. The zero-order valence-electron chi connectivity index (χ0n) is 12.0. The van der Waals surface area contributed by atoms with Gasteiger partial charge < -0.3 is 10.1 Å². The Balaban J connectivity index is 1.59. The number of hydrogen-bond acceptors (Lipinski definition) is 2. The van der Waals surface area contributed by atoms with Gasteiger partial charge in [-0.25, -0.2) is 0 Å². The average molecular weight is 277 g/mol. The highest BCUT2D eigenvalue weighted by Crippen LogP contribution is 2.35. The fourth-order valence-corrected chi connectivity index (χ4v) is 2.73. The molecule has 2 aromatic rings. The third-order valence-electron chi connectivity index (χ3n) is 4.17. The molecule has 0 amide bonds. The molecule has 0 spiro atoms. The van der Waals surface area contributed by atoms with Crippen LogP contribution in [0.2, 0.25) is 0 Å². The first-order valence-electron chi connectivity index (χ1n) is 7.65. The van der Waals surface area contributed by atoms with Crippen molar-refractivity contribution in [2.75, 3.05) is 11.9 Å². The van der Waals surface area contributed by atoms with Crippen molar-refractivity contribution in [2.45, 2.75) is 18.9 Å². The Morgan fingerprint density at radius 3 is 2.71 bits per heavy atom. The predicted molar refractivity (Wildman–Crippen MR) is 86.5 cm³/mol. The summed E-state index contributed by atoms with van der Waals surface area (Å²) < 4.78 is 6.03.